The molecule has 11 heteroatoms. The van der Waals surface area contributed by atoms with Crippen LogP contribution in [0.25, 0.3) is 11.3 Å². The molecule has 3 heterocycles. The molecule has 36 heavy (non-hydrogen) atoms. The lowest BCUT2D eigenvalue weighted by atomic mass is 9.89. The SMILES string of the molecule is C[C@H]1COCCN1c1nc(O[C@H]2C[C@H](NC(=O)[C@@H](O)c3ccccc3)C2)cc(-c2cnc(N)nc2)n1. The largest absolute Gasteiger partial charge is 0.474 e. The van der Waals surface area contributed by atoms with Crippen molar-refractivity contribution in [1.82, 2.24) is 25.3 Å². The highest BCUT2D eigenvalue weighted by Crippen LogP contribution is 2.30. The molecular formula is C25H29N7O4. The van der Waals surface area contributed by atoms with E-state index in [2.05, 4.69) is 32.1 Å². The quantitative estimate of drug-likeness (QED) is 0.444. The third-order valence-electron chi connectivity index (χ3n) is 6.38. The van der Waals surface area contributed by atoms with Crippen LogP contribution in [0.4, 0.5) is 11.9 Å². The number of amides is 1. The molecule has 1 aromatic carbocycles. The minimum Gasteiger partial charge on any atom is -0.474 e. The Kier molecular flexibility index (Phi) is 6.92. The van der Waals surface area contributed by atoms with E-state index in [1.165, 1.54) is 0 Å². The summed E-state index contributed by atoms with van der Waals surface area (Å²) in [6.07, 6.45) is 3.14. The minimum atomic E-state index is -1.20. The lowest BCUT2D eigenvalue weighted by molar-refractivity contribution is -0.131. The Morgan fingerprint density at radius 1 is 1.22 bits per heavy atom. The van der Waals surface area contributed by atoms with Crippen molar-refractivity contribution in [3.63, 3.8) is 0 Å². The average molecular weight is 492 g/mol. The fourth-order valence-corrected chi connectivity index (χ4v) is 4.26. The fraction of sp³-hybridized carbons (Fsp3) is 0.400. The molecular weight excluding hydrogens is 462 g/mol. The molecule has 0 unspecified atom stereocenters. The van der Waals surface area contributed by atoms with Crippen LogP contribution in [0.1, 0.15) is 31.4 Å². The zero-order chi connectivity index (χ0) is 25.1. The van der Waals surface area contributed by atoms with Crippen molar-refractivity contribution >= 4 is 17.8 Å². The number of rotatable bonds is 7. The Morgan fingerprint density at radius 3 is 2.69 bits per heavy atom. The number of benzene rings is 1. The number of carbonyl (C=O) groups excluding carboxylic acids is 1. The molecule has 2 fully saturated rings. The van der Waals surface area contributed by atoms with Crippen LogP contribution in [0.3, 0.4) is 0 Å². The smallest absolute Gasteiger partial charge is 0.253 e. The maximum atomic E-state index is 12.4. The first-order valence-electron chi connectivity index (χ1n) is 12.0. The summed E-state index contributed by atoms with van der Waals surface area (Å²) in [6.45, 7) is 3.92. The van der Waals surface area contributed by atoms with E-state index >= 15 is 0 Å². The van der Waals surface area contributed by atoms with Crippen LogP contribution >= 0.6 is 0 Å². The topological polar surface area (TPSA) is 149 Å². The van der Waals surface area contributed by atoms with Gasteiger partial charge in [-0.2, -0.15) is 4.98 Å². The summed E-state index contributed by atoms with van der Waals surface area (Å²) in [4.78, 5) is 32.1. The molecule has 188 valence electrons. The van der Waals surface area contributed by atoms with Gasteiger partial charge in [0.25, 0.3) is 5.91 Å². The van der Waals surface area contributed by atoms with E-state index in [1.54, 1.807) is 42.7 Å². The fourth-order valence-electron chi connectivity index (χ4n) is 4.26. The summed E-state index contributed by atoms with van der Waals surface area (Å²) in [6, 6.07) is 10.7. The number of aromatic nitrogens is 4. The molecule has 1 saturated carbocycles. The first-order chi connectivity index (χ1) is 17.5. The standard InChI is InChI=1S/C25H29N7O4/c1-15-14-35-8-7-32(15)25-30-20(17-12-27-24(26)28-13-17)11-21(31-25)36-19-9-18(10-19)29-23(34)22(33)16-5-3-2-4-6-16/h2-6,11-13,15,18-19,22,33H,7-10,14H2,1H3,(H,29,34)(H2,26,27,28)/t15-,18-,19-,22-/m0/s1. The van der Waals surface area contributed by atoms with Crippen LogP contribution in [-0.2, 0) is 9.53 Å². The summed E-state index contributed by atoms with van der Waals surface area (Å²) >= 11 is 0. The molecule has 2 aromatic heterocycles. The van der Waals surface area contributed by atoms with E-state index in [-0.39, 0.29) is 24.1 Å². The first kappa shape index (κ1) is 23.9. The lowest BCUT2D eigenvalue weighted by Gasteiger charge is -2.36. The summed E-state index contributed by atoms with van der Waals surface area (Å²) in [7, 11) is 0. The molecule has 0 bridgehead atoms. The number of ether oxygens (including phenoxy) is 2. The summed E-state index contributed by atoms with van der Waals surface area (Å²) in [5.41, 5.74) is 7.53. The predicted octanol–water partition coefficient (Wildman–Crippen LogP) is 1.50. The number of nitrogens with zero attached hydrogens (tertiary/aromatic N) is 5. The molecule has 1 aliphatic heterocycles. The number of carbonyl (C=O) groups is 1. The number of aliphatic hydroxyl groups is 1. The molecule has 1 amide bonds. The Bertz CT molecular complexity index is 1190. The number of anilines is 2. The highest BCUT2D eigenvalue weighted by atomic mass is 16.5. The van der Waals surface area contributed by atoms with E-state index in [0.29, 0.717) is 61.2 Å². The Labute approximate surface area is 208 Å². The number of hydrogen-bond donors (Lipinski definition) is 3. The van der Waals surface area contributed by atoms with Gasteiger partial charge in [0.15, 0.2) is 6.10 Å². The van der Waals surface area contributed by atoms with E-state index in [4.69, 9.17) is 20.2 Å². The minimum absolute atomic E-state index is 0.0774. The molecule has 4 N–H and O–H groups in total. The van der Waals surface area contributed by atoms with Gasteiger partial charge in [-0.15, -0.1) is 0 Å². The van der Waals surface area contributed by atoms with Crippen LogP contribution in [0, 0.1) is 0 Å². The van der Waals surface area contributed by atoms with Gasteiger partial charge in [0.05, 0.1) is 24.9 Å². The zero-order valence-corrected chi connectivity index (χ0v) is 19.9. The summed E-state index contributed by atoms with van der Waals surface area (Å²) in [5.74, 6) is 0.752. The Balaban J connectivity index is 1.26. The van der Waals surface area contributed by atoms with Crippen molar-refractivity contribution in [1.29, 1.82) is 0 Å². The van der Waals surface area contributed by atoms with Crippen LogP contribution < -0.4 is 20.7 Å². The van der Waals surface area contributed by atoms with Gasteiger partial charge < -0.3 is 30.5 Å². The molecule has 0 spiro atoms. The van der Waals surface area contributed by atoms with Gasteiger partial charge in [-0.25, -0.2) is 15.0 Å². The second-order valence-electron chi connectivity index (χ2n) is 9.07. The number of morpholine rings is 1. The van der Waals surface area contributed by atoms with E-state index in [0.717, 1.165) is 0 Å². The number of nitrogen functional groups attached to an aromatic ring is 1. The third-order valence-corrected chi connectivity index (χ3v) is 6.38. The van der Waals surface area contributed by atoms with Gasteiger partial charge in [-0.05, 0) is 12.5 Å². The number of hydrogen-bond acceptors (Lipinski definition) is 10. The van der Waals surface area contributed by atoms with E-state index in [9.17, 15) is 9.90 Å². The maximum Gasteiger partial charge on any atom is 0.253 e. The van der Waals surface area contributed by atoms with Crippen LogP contribution in [0.2, 0.25) is 0 Å². The van der Waals surface area contributed by atoms with E-state index < -0.39 is 12.0 Å². The molecule has 2 atom stereocenters. The molecule has 5 rings (SSSR count). The van der Waals surface area contributed by atoms with Gasteiger partial charge in [0.2, 0.25) is 17.8 Å². The molecule has 11 nitrogen and oxygen atoms in total. The van der Waals surface area contributed by atoms with Gasteiger partial charge in [-0.3, -0.25) is 4.79 Å². The highest BCUT2D eigenvalue weighted by molar-refractivity contribution is 5.82. The Morgan fingerprint density at radius 2 is 1.97 bits per heavy atom. The van der Waals surface area contributed by atoms with Gasteiger partial charge in [0.1, 0.15) is 6.10 Å². The Hall–Kier alpha value is -3.83. The second-order valence-corrected chi connectivity index (χ2v) is 9.07. The highest BCUT2D eigenvalue weighted by Gasteiger charge is 2.34. The number of nitrogens with two attached hydrogens (primary N) is 1. The summed E-state index contributed by atoms with van der Waals surface area (Å²) < 4.78 is 11.7. The van der Waals surface area contributed by atoms with Crippen molar-refractivity contribution < 1.29 is 19.4 Å². The van der Waals surface area contributed by atoms with Crippen molar-refractivity contribution in [2.75, 3.05) is 30.4 Å². The molecule has 2 aliphatic rings. The molecule has 1 aliphatic carbocycles. The second kappa shape index (κ2) is 10.4. The monoisotopic (exact) mass is 491 g/mol. The predicted molar refractivity (Wildman–Crippen MR) is 132 cm³/mol. The molecule has 1 saturated heterocycles. The number of nitrogens with one attached hydrogen (secondary N) is 1. The lowest BCUT2D eigenvalue weighted by Crippen LogP contribution is -2.50. The van der Waals surface area contributed by atoms with Gasteiger partial charge >= 0.3 is 0 Å². The van der Waals surface area contributed by atoms with Gasteiger partial charge in [-0.1, -0.05) is 30.3 Å². The third kappa shape index (κ3) is 5.37. The molecule has 0 radical (unpaired) electrons. The van der Waals surface area contributed by atoms with Crippen molar-refractivity contribution in [3.8, 4) is 17.1 Å². The normalized spacial score (nSPS) is 22.4. The first-order valence-corrected chi connectivity index (χ1v) is 12.0. The van der Waals surface area contributed by atoms with Crippen LogP contribution in [0.15, 0.2) is 48.8 Å². The maximum absolute atomic E-state index is 12.4. The summed E-state index contributed by atoms with van der Waals surface area (Å²) in [5, 5.41) is 13.2. The van der Waals surface area contributed by atoms with Crippen molar-refractivity contribution in [3.05, 3.63) is 54.4 Å². The van der Waals surface area contributed by atoms with Crippen LogP contribution in [-0.4, -0.2) is 68.9 Å². The van der Waals surface area contributed by atoms with Crippen molar-refractivity contribution in [2.45, 2.75) is 44.1 Å². The van der Waals surface area contributed by atoms with Crippen LogP contribution in [0.5, 0.6) is 5.88 Å². The zero-order valence-electron chi connectivity index (χ0n) is 19.9. The number of aliphatic hydroxyl groups excluding tert-OH is 1. The van der Waals surface area contributed by atoms with Crippen molar-refractivity contribution in [2.24, 2.45) is 0 Å². The average Bonchev–Trinajstić information content (AvgIpc) is 2.88. The van der Waals surface area contributed by atoms with E-state index in [1.807, 2.05) is 6.07 Å². The molecule has 3 aromatic rings. The van der Waals surface area contributed by atoms with Gasteiger partial charge in [0, 0.05) is 49.5 Å².